The lowest BCUT2D eigenvalue weighted by molar-refractivity contribution is -0.193. The Balaban J connectivity index is 0.000000392. The third-order valence-electron chi connectivity index (χ3n) is 6.78. The first-order chi connectivity index (χ1) is 22.9. The zero-order valence-electron chi connectivity index (χ0n) is 25.0. The molecule has 4 aromatic rings. The van der Waals surface area contributed by atoms with Crippen LogP contribution in [0.3, 0.4) is 0 Å². The number of carboxylic acids is 2. The molecule has 0 bridgehead atoms. The van der Waals surface area contributed by atoms with Crippen molar-refractivity contribution >= 4 is 39.0 Å². The predicted octanol–water partition coefficient (Wildman–Crippen LogP) is 4.83. The van der Waals surface area contributed by atoms with Crippen LogP contribution in [0.5, 0.6) is 0 Å². The van der Waals surface area contributed by atoms with Crippen LogP contribution >= 0.6 is 11.3 Å². The number of nitrogens with two attached hydrogens (primary N) is 1. The van der Waals surface area contributed by atoms with Crippen molar-refractivity contribution in [2.24, 2.45) is 5.73 Å². The standard InChI is InChI=1S/C25H26F2N6OS.2C2HF3O2/c26-24(27)19(14-28)13-23-30-31-25(34)33(23)15-21-11-18-2-1-17(12-22(18)35-21)16-3-5-20(6-4-16)32-9-7-29-8-10-32;2*3-2(4,5)1(6)7/h1-6,11-12,29H,7-10,13-15,28H2,(H,31,34);2*(H,6,7). The largest absolute Gasteiger partial charge is 0.490 e. The minimum atomic E-state index is -5.08. The minimum Gasteiger partial charge on any atom is -0.475 e. The highest BCUT2D eigenvalue weighted by molar-refractivity contribution is 7.19. The number of carboxylic acid groups (broad SMARTS) is 2. The Hall–Kier alpha value is -4.82. The summed E-state index contributed by atoms with van der Waals surface area (Å²) in [4.78, 5) is 33.4. The van der Waals surface area contributed by atoms with E-state index in [-0.39, 0.29) is 30.9 Å². The molecule has 266 valence electrons. The van der Waals surface area contributed by atoms with Crippen molar-refractivity contribution in [3.05, 3.63) is 81.4 Å². The van der Waals surface area contributed by atoms with Crippen LogP contribution in [0.4, 0.5) is 40.8 Å². The van der Waals surface area contributed by atoms with Crippen molar-refractivity contribution in [1.29, 1.82) is 0 Å². The Morgan fingerprint density at radius 2 is 1.45 bits per heavy atom. The predicted molar refractivity (Wildman–Crippen MR) is 164 cm³/mol. The van der Waals surface area contributed by atoms with E-state index in [1.165, 1.54) is 10.3 Å². The highest BCUT2D eigenvalue weighted by Crippen LogP contribution is 2.32. The van der Waals surface area contributed by atoms with Crippen LogP contribution in [-0.4, -0.2) is 82.0 Å². The smallest absolute Gasteiger partial charge is 0.475 e. The van der Waals surface area contributed by atoms with Crippen LogP contribution in [0, 0.1) is 0 Å². The van der Waals surface area contributed by atoms with E-state index in [2.05, 4.69) is 62.9 Å². The van der Waals surface area contributed by atoms with Crippen LogP contribution in [0.15, 0.2) is 65.0 Å². The number of aromatic nitrogens is 3. The third-order valence-corrected chi connectivity index (χ3v) is 7.86. The van der Waals surface area contributed by atoms with Gasteiger partial charge in [0.1, 0.15) is 5.82 Å². The summed E-state index contributed by atoms with van der Waals surface area (Å²) >= 11 is 1.58. The molecule has 2 aromatic carbocycles. The van der Waals surface area contributed by atoms with Gasteiger partial charge >= 0.3 is 30.0 Å². The molecule has 0 amide bonds. The number of anilines is 1. The van der Waals surface area contributed by atoms with Crippen LogP contribution in [0.1, 0.15) is 10.7 Å². The molecule has 1 saturated heterocycles. The molecule has 3 heterocycles. The number of fused-ring (bicyclic) bond motifs is 1. The number of nitrogens with one attached hydrogen (secondary N) is 2. The maximum absolute atomic E-state index is 13.1. The SMILES string of the molecule is NCC(Cc1n[nH]c(=O)n1Cc1cc2ccc(-c3ccc(N4CCNCC4)cc3)cc2s1)=C(F)F.O=C(O)C(F)(F)F.O=C(O)C(F)(F)F. The van der Waals surface area contributed by atoms with Gasteiger partial charge in [0, 0.05) is 60.0 Å². The first kappa shape index (κ1) is 38.6. The number of carbonyl (C=O) groups is 2. The Kier molecular flexibility index (Phi) is 13.0. The molecule has 1 aliphatic rings. The molecule has 0 aliphatic carbocycles. The molecular formula is C29H28F8N6O5S. The number of benzene rings is 2. The number of nitrogens with zero attached hydrogens (tertiary/aromatic N) is 3. The first-order valence-electron chi connectivity index (χ1n) is 14.0. The zero-order valence-corrected chi connectivity index (χ0v) is 25.9. The van der Waals surface area contributed by atoms with E-state index in [0.29, 0.717) is 0 Å². The summed E-state index contributed by atoms with van der Waals surface area (Å²) in [6.45, 7) is 4.00. The van der Waals surface area contributed by atoms with Crippen LogP contribution in [0.2, 0.25) is 0 Å². The molecule has 1 fully saturated rings. The normalized spacial score (nSPS) is 13.2. The van der Waals surface area contributed by atoms with Gasteiger partial charge in [0.2, 0.25) is 0 Å². The topological polar surface area (TPSA) is 167 Å². The average molecular weight is 725 g/mol. The number of aliphatic carboxylic acids is 2. The van der Waals surface area contributed by atoms with Crippen LogP contribution < -0.4 is 21.6 Å². The van der Waals surface area contributed by atoms with E-state index in [1.54, 1.807) is 11.3 Å². The molecule has 20 heteroatoms. The Morgan fingerprint density at radius 3 is 1.96 bits per heavy atom. The van der Waals surface area contributed by atoms with Gasteiger partial charge in [-0.2, -0.15) is 40.2 Å². The summed E-state index contributed by atoms with van der Waals surface area (Å²) in [5.41, 5.74) is 8.26. The molecule has 0 radical (unpaired) electrons. The highest BCUT2D eigenvalue weighted by Gasteiger charge is 2.38. The Morgan fingerprint density at radius 1 is 0.898 bits per heavy atom. The van der Waals surface area contributed by atoms with Gasteiger partial charge in [-0.05, 0) is 40.8 Å². The Bertz CT molecular complexity index is 1800. The number of aromatic amines is 1. The summed E-state index contributed by atoms with van der Waals surface area (Å²) in [5.74, 6) is -5.27. The molecule has 0 spiro atoms. The lowest BCUT2D eigenvalue weighted by Crippen LogP contribution is -2.43. The highest BCUT2D eigenvalue weighted by atomic mass is 32.1. The van der Waals surface area contributed by atoms with Gasteiger partial charge in [-0.25, -0.2) is 19.5 Å². The summed E-state index contributed by atoms with van der Waals surface area (Å²) in [6, 6.07) is 17.0. The van der Waals surface area contributed by atoms with Crippen molar-refractivity contribution < 1.29 is 54.9 Å². The quantitative estimate of drug-likeness (QED) is 0.168. The fourth-order valence-corrected chi connectivity index (χ4v) is 5.44. The summed E-state index contributed by atoms with van der Waals surface area (Å²) in [6.07, 6.45) is -12.2. The van der Waals surface area contributed by atoms with Crippen molar-refractivity contribution in [1.82, 2.24) is 20.1 Å². The minimum absolute atomic E-state index is 0.170. The number of alkyl halides is 6. The van der Waals surface area contributed by atoms with Gasteiger partial charge in [-0.1, -0.05) is 24.3 Å². The molecule has 6 N–H and O–H groups in total. The molecular weight excluding hydrogens is 696 g/mol. The number of rotatable bonds is 7. The summed E-state index contributed by atoms with van der Waals surface area (Å²) < 4.78 is 92.1. The van der Waals surface area contributed by atoms with E-state index in [9.17, 15) is 39.9 Å². The van der Waals surface area contributed by atoms with Crippen molar-refractivity contribution in [2.45, 2.75) is 25.3 Å². The summed E-state index contributed by atoms with van der Waals surface area (Å²) in [5, 5.41) is 25.0. The number of H-pyrrole nitrogens is 1. The van der Waals surface area contributed by atoms with Crippen molar-refractivity contribution in [3.63, 3.8) is 0 Å². The number of hydrogen-bond acceptors (Lipinski definition) is 8. The lowest BCUT2D eigenvalue weighted by Gasteiger charge is -2.29. The van der Waals surface area contributed by atoms with Crippen LogP contribution in [-0.2, 0) is 22.6 Å². The fraction of sp³-hybridized carbons (Fsp3) is 0.310. The maximum atomic E-state index is 13.1. The lowest BCUT2D eigenvalue weighted by atomic mass is 10.0. The van der Waals surface area contributed by atoms with Gasteiger partial charge in [-0.15, -0.1) is 11.3 Å². The number of hydrogen-bond donors (Lipinski definition) is 5. The van der Waals surface area contributed by atoms with E-state index in [1.807, 2.05) is 6.07 Å². The zero-order chi connectivity index (χ0) is 36.5. The van der Waals surface area contributed by atoms with Gasteiger partial charge < -0.3 is 26.2 Å². The van der Waals surface area contributed by atoms with Crippen LogP contribution in [0.25, 0.3) is 21.2 Å². The monoisotopic (exact) mass is 724 g/mol. The molecule has 5 rings (SSSR count). The average Bonchev–Trinajstić information content (AvgIpc) is 3.61. The third kappa shape index (κ3) is 11.1. The van der Waals surface area contributed by atoms with Gasteiger partial charge in [-0.3, -0.25) is 4.57 Å². The van der Waals surface area contributed by atoms with E-state index in [4.69, 9.17) is 25.5 Å². The van der Waals surface area contributed by atoms with E-state index < -0.39 is 36.1 Å². The number of thiophene rings is 1. The summed E-state index contributed by atoms with van der Waals surface area (Å²) in [7, 11) is 0. The van der Waals surface area contributed by atoms with Gasteiger partial charge in [0.25, 0.3) is 6.08 Å². The van der Waals surface area contributed by atoms with E-state index in [0.717, 1.165) is 52.3 Å². The maximum Gasteiger partial charge on any atom is 0.490 e. The Labute approximate surface area is 275 Å². The molecule has 0 unspecified atom stereocenters. The molecule has 11 nitrogen and oxygen atoms in total. The molecule has 0 atom stereocenters. The fourth-order valence-electron chi connectivity index (χ4n) is 4.34. The second-order valence-corrected chi connectivity index (χ2v) is 11.3. The van der Waals surface area contributed by atoms with E-state index >= 15 is 0 Å². The molecule has 2 aromatic heterocycles. The second kappa shape index (κ2) is 16.5. The molecule has 1 aliphatic heterocycles. The van der Waals surface area contributed by atoms with Gasteiger partial charge in [0.05, 0.1) is 6.54 Å². The molecule has 0 saturated carbocycles. The molecule has 49 heavy (non-hydrogen) atoms. The number of halogens is 8. The first-order valence-corrected chi connectivity index (χ1v) is 14.8. The van der Waals surface area contributed by atoms with Crippen molar-refractivity contribution in [2.75, 3.05) is 37.6 Å². The van der Waals surface area contributed by atoms with Gasteiger partial charge in [0.15, 0.2) is 0 Å². The number of piperazine rings is 1. The van der Waals surface area contributed by atoms with Crippen molar-refractivity contribution in [3.8, 4) is 11.1 Å². The second-order valence-electron chi connectivity index (χ2n) is 10.1.